The molecule has 28 heavy (non-hydrogen) atoms. The molecule has 2 aromatic carbocycles. The van der Waals surface area contributed by atoms with Crippen molar-refractivity contribution >= 4 is 21.8 Å². The van der Waals surface area contributed by atoms with Crippen LogP contribution in [0.5, 0.6) is 0 Å². The number of nitrogens with zero attached hydrogens (tertiary/aromatic N) is 1. The van der Waals surface area contributed by atoms with E-state index < -0.39 is 21.8 Å². The molecule has 0 aliphatic carbocycles. The van der Waals surface area contributed by atoms with E-state index in [2.05, 4.69) is 10.6 Å². The Morgan fingerprint density at radius 2 is 1.54 bits per heavy atom. The molecule has 1 saturated heterocycles. The summed E-state index contributed by atoms with van der Waals surface area (Å²) in [5.41, 5.74) is 0.888. The Balaban J connectivity index is 1.54. The van der Waals surface area contributed by atoms with Gasteiger partial charge in [0.2, 0.25) is 10.0 Å². The summed E-state index contributed by atoms with van der Waals surface area (Å²) in [6, 6.07) is 17.1. The topological polar surface area (TPSA) is 95.6 Å². The molecule has 2 N–H and O–H groups in total. The molecule has 1 atom stereocenters. The van der Waals surface area contributed by atoms with Crippen molar-refractivity contribution in [3.05, 3.63) is 66.2 Å². The molecular weight excluding hydrogens is 378 g/mol. The van der Waals surface area contributed by atoms with Crippen LogP contribution in [0.25, 0.3) is 0 Å². The smallest absolute Gasteiger partial charge is 0.309 e. The van der Waals surface area contributed by atoms with Crippen LogP contribution in [0.4, 0.5) is 0 Å². The van der Waals surface area contributed by atoms with Gasteiger partial charge >= 0.3 is 11.8 Å². The Hall–Kier alpha value is -2.71. The maximum absolute atomic E-state index is 12.8. The van der Waals surface area contributed by atoms with E-state index in [0.717, 1.165) is 5.56 Å². The number of benzene rings is 2. The lowest BCUT2D eigenvalue weighted by atomic mass is 10.2. The Morgan fingerprint density at radius 3 is 2.21 bits per heavy atom. The zero-order chi connectivity index (χ0) is 20.0. The molecule has 0 radical (unpaired) electrons. The zero-order valence-electron chi connectivity index (χ0n) is 15.4. The van der Waals surface area contributed by atoms with Crippen LogP contribution < -0.4 is 10.6 Å². The van der Waals surface area contributed by atoms with Gasteiger partial charge in [-0.05, 0) is 30.5 Å². The summed E-state index contributed by atoms with van der Waals surface area (Å²) in [4.78, 5) is 24.3. The monoisotopic (exact) mass is 401 g/mol. The second-order valence-corrected chi connectivity index (χ2v) is 8.49. The number of nitrogens with one attached hydrogen (secondary N) is 2. The summed E-state index contributed by atoms with van der Waals surface area (Å²) < 4.78 is 27.0. The van der Waals surface area contributed by atoms with E-state index >= 15 is 0 Å². The van der Waals surface area contributed by atoms with E-state index in [1.165, 1.54) is 4.31 Å². The molecule has 2 amide bonds. The average Bonchev–Trinajstić information content (AvgIpc) is 3.21. The highest BCUT2D eigenvalue weighted by Gasteiger charge is 2.35. The third-order valence-electron chi connectivity index (χ3n) is 4.67. The first-order chi connectivity index (χ1) is 13.5. The lowest BCUT2D eigenvalue weighted by Crippen LogP contribution is -2.46. The largest absolute Gasteiger partial charge is 0.346 e. The molecular formula is C20H23N3O4S. The van der Waals surface area contributed by atoms with Crippen LogP contribution >= 0.6 is 0 Å². The lowest BCUT2D eigenvalue weighted by Gasteiger charge is -2.24. The number of sulfonamides is 1. The van der Waals surface area contributed by atoms with Crippen molar-refractivity contribution in [3.8, 4) is 0 Å². The molecule has 0 spiro atoms. The van der Waals surface area contributed by atoms with Gasteiger partial charge in [0, 0.05) is 25.7 Å². The standard InChI is InChI=1S/C20H23N3O4S/c24-19(21-14-16-8-3-1-4-9-16)20(25)22-15-17-10-7-13-23(17)28(26,27)18-11-5-2-6-12-18/h1-6,8-9,11-12,17H,7,10,13-15H2,(H,21,24)(H,22,25)/t17-/m0/s1. The maximum Gasteiger partial charge on any atom is 0.309 e. The second-order valence-electron chi connectivity index (χ2n) is 6.60. The van der Waals surface area contributed by atoms with Gasteiger partial charge in [-0.1, -0.05) is 48.5 Å². The molecule has 1 fully saturated rings. The number of hydrogen-bond acceptors (Lipinski definition) is 4. The van der Waals surface area contributed by atoms with Crippen molar-refractivity contribution in [2.45, 2.75) is 30.3 Å². The Kier molecular flexibility index (Phi) is 6.43. The van der Waals surface area contributed by atoms with Crippen molar-refractivity contribution in [1.29, 1.82) is 0 Å². The van der Waals surface area contributed by atoms with Crippen molar-refractivity contribution in [3.63, 3.8) is 0 Å². The molecule has 0 bridgehead atoms. The molecule has 0 aromatic heterocycles. The predicted octanol–water partition coefficient (Wildman–Crippen LogP) is 1.27. The highest BCUT2D eigenvalue weighted by molar-refractivity contribution is 7.89. The highest BCUT2D eigenvalue weighted by Crippen LogP contribution is 2.25. The summed E-state index contributed by atoms with van der Waals surface area (Å²) >= 11 is 0. The van der Waals surface area contributed by atoms with E-state index in [-0.39, 0.29) is 24.0 Å². The van der Waals surface area contributed by atoms with E-state index in [1.54, 1.807) is 30.3 Å². The Labute approximate surface area is 164 Å². The molecule has 1 heterocycles. The summed E-state index contributed by atoms with van der Waals surface area (Å²) in [6.45, 7) is 0.757. The summed E-state index contributed by atoms with van der Waals surface area (Å²) in [5.74, 6) is -1.50. The number of amides is 2. The van der Waals surface area contributed by atoms with E-state index in [9.17, 15) is 18.0 Å². The van der Waals surface area contributed by atoms with Crippen LogP contribution in [0.15, 0.2) is 65.6 Å². The van der Waals surface area contributed by atoms with Gasteiger partial charge < -0.3 is 10.6 Å². The molecule has 3 rings (SSSR count). The van der Waals surface area contributed by atoms with Crippen molar-refractivity contribution in [1.82, 2.24) is 14.9 Å². The van der Waals surface area contributed by atoms with Crippen molar-refractivity contribution < 1.29 is 18.0 Å². The number of carbonyl (C=O) groups excluding carboxylic acids is 2. The zero-order valence-corrected chi connectivity index (χ0v) is 16.2. The minimum Gasteiger partial charge on any atom is -0.346 e. The van der Waals surface area contributed by atoms with Gasteiger partial charge in [0.15, 0.2) is 0 Å². The van der Waals surface area contributed by atoms with Gasteiger partial charge in [-0.25, -0.2) is 8.42 Å². The molecule has 2 aromatic rings. The van der Waals surface area contributed by atoms with E-state index in [4.69, 9.17) is 0 Å². The fourth-order valence-corrected chi connectivity index (χ4v) is 4.92. The third-order valence-corrected chi connectivity index (χ3v) is 6.64. The summed E-state index contributed by atoms with van der Waals surface area (Å²) in [5, 5.41) is 5.12. The Morgan fingerprint density at radius 1 is 0.929 bits per heavy atom. The van der Waals surface area contributed by atoms with Gasteiger partial charge in [-0.15, -0.1) is 0 Å². The van der Waals surface area contributed by atoms with E-state index in [0.29, 0.717) is 19.4 Å². The second kappa shape index (κ2) is 8.99. The fraction of sp³-hybridized carbons (Fsp3) is 0.300. The number of hydrogen-bond donors (Lipinski definition) is 2. The Bertz CT molecular complexity index is 917. The van der Waals surface area contributed by atoms with Crippen LogP contribution in [0.3, 0.4) is 0 Å². The van der Waals surface area contributed by atoms with Gasteiger partial charge in [0.1, 0.15) is 0 Å². The molecule has 1 aliphatic heterocycles. The minimum absolute atomic E-state index is 0.101. The molecule has 8 heteroatoms. The quantitative estimate of drug-likeness (QED) is 0.713. The molecule has 1 aliphatic rings. The predicted molar refractivity (Wildman–Crippen MR) is 105 cm³/mol. The van der Waals surface area contributed by atoms with E-state index in [1.807, 2.05) is 30.3 Å². The van der Waals surface area contributed by atoms with Crippen LogP contribution in [-0.4, -0.2) is 43.7 Å². The summed E-state index contributed by atoms with van der Waals surface area (Å²) in [6.07, 6.45) is 1.35. The molecule has 148 valence electrons. The van der Waals surface area contributed by atoms with Crippen LogP contribution in [0, 0.1) is 0 Å². The molecule has 0 unspecified atom stereocenters. The molecule has 7 nitrogen and oxygen atoms in total. The number of carbonyl (C=O) groups is 2. The maximum atomic E-state index is 12.8. The first kappa shape index (κ1) is 20.0. The lowest BCUT2D eigenvalue weighted by molar-refractivity contribution is -0.139. The highest BCUT2D eigenvalue weighted by atomic mass is 32.2. The van der Waals surface area contributed by atoms with Crippen molar-refractivity contribution in [2.75, 3.05) is 13.1 Å². The van der Waals surface area contributed by atoms with Gasteiger partial charge in [-0.3, -0.25) is 9.59 Å². The summed E-state index contributed by atoms with van der Waals surface area (Å²) in [7, 11) is -3.62. The third kappa shape index (κ3) is 4.76. The first-order valence-electron chi connectivity index (χ1n) is 9.15. The van der Waals surface area contributed by atoms with Crippen LogP contribution in [0.2, 0.25) is 0 Å². The number of rotatable bonds is 6. The fourth-order valence-electron chi connectivity index (χ4n) is 3.21. The average molecular weight is 401 g/mol. The van der Waals surface area contributed by atoms with Gasteiger partial charge in [0.05, 0.1) is 4.90 Å². The van der Waals surface area contributed by atoms with Crippen molar-refractivity contribution in [2.24, 2.45) is 0 Å². The van der Waals surface area contributed by atoms with Crippen LogP contribution in [-0.2, 0) is 26.2 Å². The normalized spacial score (nSPS) is 17.2. The molecule has 0 saturated carbocycles. The first-order valence-corrected chi connectivity index (χ1v) is 10.6. The van der Waals surface area contributed by atoms with Crippen LogP contribution in [0.1, 0.15) is 18.4 Å². The minimum atomic E-state index is -3.62. The van der Waals surface area contributed by atoms with Gasteiger partial charge in [0.25, 0.3) is 0 Å². The van der Waals surface area contributed by atoms with Gasteiger partial charge in [-0.2, -0.15) is 4.31 Å². The SMILES string of the molecule is O=C(NCc1ccccc1)C(=O)NC[C@@H]1CCCN1S(=O)(=O)c1ccccc1.